The predicted molar refractivity (Wildman–Crippen MR) is 105 cm³/mol. The third-order valence-corrected chi connectivity index (χ3v) is 4.31. The fourth-order valence-electron chi connectivity index (χ4n) is 3.18. The minimum absolute atomic E-state index is 0.119. The molecule has 0 fully saturated rings. The van der Waals surface area contributed by atoms with Crippen LogP contribution in [0.25, 0.3) is 6.08 Å². The van der Waals surface area contributed by atoms with Crippen LogP contribution in [-0.4, -0.2) is 22.6 Å². The SMILES string of the molecule is CC(=O)Nc1cccc(NC(=O)CC2c3ccccc3C=CN2C(C)=O)c1. The van der Waals surface area contributed by atoms with E-state index in [1.165, 1.54) is 13.8 Å². The first kappa shape index (κ1) is 18.4. The van der Waals surface area contributed by atoms with Gasteiger partial charge in [-0.15, -0.1) is 0 Å². The van der Waals surface area contributed by atoms with Crippen LogP contribution in [0.3, 0.4) is 0 Å². The summed E-state index contributed by atoms with van der Waals surface area (Å²) in [7, 11) is 0. The Morgan fingerprint density at radius 2 is 1.67 bits per heavy atom. The van der Waals surface area contributed by atoms with Crippen molar-refractivity contribution in [1.82, 2.24) is 4.90 Å². The number of rotatable bonds is 4. The Hall–Kier alpha value is -3.41. The van der Waals surface area contributed by atoms with Crippen molar-refractivity contribution in [2.75, 3.05) is 10.6 Å². The largest absolute Gasteiger partial charge is 0.326 e. The van der Waals surface area contributed by atoms with E-state index in [1.807, 2.05) is 30.3 Å². The number of hydrogen-bond donors (Lipinski definition) is 2. The van der Waals surface area contributed by atoms with Gasteiger partial charge in [0, 0.05) is 31.4 Å². The number of nitrogens with one attached hydrogen (secondary N) is 2. The van der Waals surface area contributed by atoms with Gasteiger partial charge in [-0.2, -0.15) is 0 Å². The molecule has 2 N–H and O–H groups in total. The normalized spacial score (nSPS) is 15.0. The van der Waals surface area contributed by atoms with Crippen LogP contribution >= 0.6 is 0 Å². The van der Waals surface area contributed by atoms with E-state index in [0.29, 0.717) is 11.4 Å². The lowest BCUT2D eigenvalue weighted by molar-refractivity contribution is -0.129. The molecule has 0 bridgehead atoms. The van der Waals surface area contributed by atoms with Crippen LogP contribution in [-0.2, 0) is 14.4 Å². The van der Waals surface area contributed by atoms with Crippen LogP contribution in [0.4, 0.5) is 11.4 Å². The molecule has 27 heavy (non-hydrogen) atoms. The van der Waals surface area contributed by atoms with Gasteiger partial charge in [0.25, 0.3) is 0 Å². The van der Waals surface area contributed by atoms with Crippen molar-refractivity contribution in [2.45, 2.75) is 26.3 Å². The van der Waals surface area contributed by atoms with Gasteiger partial charge in [-0.05, 0) is 35.4 Å². The molecular formula is C21H21N3O3. The summed E-state index contributed by atoms with van der Waals surface area (Å²) >= 11 is 0. The Labute approximate surface area is 157 Å². The van der Waals surface area contributed by atoms with E-state index < -0.39 is 0 Å². The highest BCUT2D eigenvalue weighted by Gasteiger charge is 2.28. The number of carbonyl (C=O) groups is 3. The summed E-state index contributed by atoms with van der Waals surface area (Å²) < 4.78 is 0. The molecule has 3 rings (SSSR count). The highest BCUT2D eigenvalue weighted by molar-refractivity contribution is 5.94. The number of benzene rings is 2. The van der Waals surface area contributed by atoms with E-state index >= 15 is 0 Å². The highest BCUT2D eigenvalue weighted by Crippen LogP contribution is 2.33. The Morgan fingerprint density at radius 3 is 2.37 bits per heavy atom. The minimum Gasteiger partial charge on any atom is -0.326 e. The topological polar surface area (TPSA) is 78.5 Å². The van der Waals surface area contributed by atoms with Crippen LogP contribution in [0, 0.1) is 0 Å². The molecule has 6 nitrogen and oxygen atoms in total. The molecule has 0 saturated heterocycles. The van der Waals surface area contributed by atoms with Crippen molar-refractivity contribution < 1.29 is 14.4 Å². The molecular weight excluding hydrogens is 342 g/mol. The first-order valence-electron chi connectivity index (χ1n) is 8.67. The Bertz CT molecular complexity index is 920. The summed E-state index contributed by atoms with van der Waals surface area (Å²) in [6.07, 6.45) is 3.73. The van der Waals surface area contributed by atoms with Gasteiger partial charge in [-0.1, -0.05) is 30.3 Å². The van der Waals surface area contributed by atoms with Crippen molar-refractivity contribution in [3.8, 4) is 0 Å². The summed E-state index contributed by atoms with van der Waals surface area (Å²) in [5.41, 5.74) is 3.13. The van der Waals surface area contributed by atoms with E-state index in [4.69, 9.17) is 0 Å². The number of amides is 3. The van der Waals surface area contributed by atoms with Crippen LogP contribution in [0.2, 0.25) is 0 Å². The van der Waals surface area contributed by atoms with Gasteiger partial charge >= 0.3 is 0 Å². The van der Waals surface area contributed by atoms with Gasteiger partial charge in [0.1, 0.15) is 0 Å². The number of hydrogen-bond acceptors (Lipinski definition) is 3. The number of carbonyl (C=O) groups excluding carboxylic acids is 3. The van der Waals surface area contributed by atoms with Crippen LogP contribution in [0.15, 0.2) is 54.7 Å². The van der Waals surface area contributed by atoms with Crippen LogP contribution in [0.1, 0.15) is 37.4 Å². The molecule has 0 spiro atoms. The summed E-state index contributed by atoms with van der Waals surface area (Å²) in [5.74, 6) is -0.510. The third kappa shape index (κ3) is 4.41. The standard InChI is InChI=1S/C21H21N3O3/c1-14(25)22-17-7-5-8-18(12-17)23-21(27)13-20-19-9-4-3-6-16(19)10-11-24(20)15(2)26/h3-12,20H,13H2,1-2H3,(H,22,25)(H,23,27). The van der Waals surface area contributed by atoms with E-state index in [-0.39, 0.29) is 30.2 Å². The molecule has 3 amide bonds. The third-order valence-electron chi connectivity index (χ3n) is 4.31. The van der Waals surface area contributed by atoms with E-state index in [1.54, 1.807) is 35.4 Å². The zero-order valence-electron chi connectivity index (χ0n) is 15.2. The highest BCUT2D eigenvalue weighted by atomic mass is 16.2. The fraction of sp³-hybridized carbons (Fsp3) is 0.190. The van der Waals surface area contributed by atoms with Crippen molar-refractivity contribution >= 4 is 35.2 Å². The average molecular weight is 363 g/mol. The van der Waals surface area contributed by atoms with Crippen molar-refractivity contribution in [3.63, 3.8) is 0 Å². The first-order chi connectivity index (χ1) is 12.9. The van der Waals surface area contributed by atoms with Gasteiger partial charge < -0.3 is 15.5 Å². The lowest BCUT2D eigenvalue weighted by Crippen LogP contribution is -2.33. The fourth-order valence-corrected chi connectivity index (χ4v) is 3.18. The van der Waals surface area contributed by atoms with Crippen molar-refractivity contribution in [1.29, 1.82) is 0 Å². The lowest BCUT2D eigenvalue weighted by Gasteiger charge is -2.32. The Kier molecular flexibility index (Phi) is 5.35. The quantitative estimate of drug-likeness (QED) is 0.872. The lowest BCUT2D eigenvalue weighted by atomic mass is 9.93. The number of anilines is 2. The zero-order valence-corrected chi connectivity index (χ0v) is 15.2. The zero-order chi connectivity index (χ0) is 19.4. The van der Waals surface area contributed by atoms with Gasteiger partial charge in [0.15, 0.2) is 0 Å². The molecule has 1 atom stereocenters. The number of fused-ring (bicyclic) bond motifs is 1. The summed E-state index contributed by atoms with van der Waals surface area (Å²) in [4.78, 5) is 37.4. The summed E-state index contributed by atoms with van der Waals surface area (Å²) in [6.45, 7) is 2.91. The smallest absolute Gasteiger partial charge is 0.226 e. The molecule has 2 aromatic rings. The van der Waals surface area contributed by atoms with Crippen molar-refractivity contribution in [3.05, 3.63) is 65.9 Å². The maximum Gasteiger partial charge on any atom is 0.226 e. The van der Waals surface area contributed by atoms with E-state index in [9.17, 15) is 14.4 Å². The molecule has 0 saturated carbocycles. The second-order valence-corrected chi connectivity index (χ2v) is 6.40. The maximum atomic E-state index is 12.6. The summed E-state index contributed by atoms with van der Waals surface area (Å²) in [5, 5.41) is 5.52. The number of nitrogens with zero attached hydrogens (tertiary/aromatic N) is 1. The van der Waals surface area contributed by atoms with Crippen LogP contribution in [0.5, 0.6) is 0 Å². The molecule has 6 heteroatoms. The van der Waals surface area contributed by atoms with Crippen LogP contribution < -0.4 is 10.6 Å². The van der Waals surface area contributed by atoms with Gasteiger partial charge in [0.2, 0.25) is 17.7 Å². The first-order valence-corrected chi connectivity index (χ1v) is 8.67. The molecule has 0 radical (unpaired) electrons. The molecule has 0 aromatic heterocycles. The second kappa shape index (κ2) is 7.86. The molecule has 0 aliphatic carbocycles. The summed E-state index contributed by atoms with van der Waals surface area (Å²) in [6, 6.07) is 14.3. The molecule has 1 aliphatic rings. The minimum atomic E-state index is -0.359. The van der Waals surface area contributed by atoms with Gasteiger partial charge in [0.05, 0.1) is 12.5 Å². The van der Waals surface area contributed by atoms with E-state index in [2.05, 4.69) is 10.6 Å². The Balaban J connectivity index is 1.77. The second-order valence-electron chi connectivity index (χ2n) is 6.40. The van der Waals surface area contributed by atoms with E-state index in [0.717, 1.165) is 11.1 Å². The van der Waals surface area contributed by atoms with Gasteiger partial charge in [-0.3, -0.25) is 14.4 Å². The molecule has 138 valence electrons. The molecule has 1 unspecified atom stereocenters. The maximum absolute atomic E-state index is 12.6. The molecule has 1 heterocycles. The molecule has 2 aromatic carbocycles. The Morgan fingerprint density at radius 1 is 0.963 bits per heavy atom. The van der Waals surface area contributed by atoms with Crippen molar-refractivity contribution in [2.24, 2.45) is 0 Å². The van der Waals surface area contributed by atoms with Gasteiger partial charge in [-0.25, -0.2) is 0 Å². The average Bonchev–Trinajstić information content (AvgIpc) is 2.61. The monoisotopic (exact) mass is 363 g/mol. The molecule has 1 aliphatic heterocycles. The predicted octanol–water partition coefficient (Wildman–Crippen LogP) is 3.55.